The van der Waals surface area contributed by atoms with Gasteiger partial charge in [0.2, 0.25) is 5.91 Å². The summed E-state index contributed by atoms with van der Waals surface area (Å²) in [6.45, 7) is 0. The van der Waals surface area contributed by atoms with E-state index in [0.29, 0.717) is 12.1 Å². The predicted octanol–water partition coefficient (Wildman–Crippen LogP) is -1.26. The molecule has 0 saturated carbocycles. The number of hydrogen-bond donors (Lipinski definition) is 3. The van der Waals surface area contributed by atoms with Gasteiger partial charge in [0.25, 0.3) is 5.91 Å². The Morgan fingerprint density at radius 3 is 2.69 bits per heavy atom. The highest BCUT2D eigenvalue weighted by molar-refractivity contribution is 5.89. The first kappa shape index (κ1) is 9.24. The summed E-state index contributed by atoms with van der Waals surface area (Å²) in [5.41, 5.74) is 10.5. The van der Waals surface area contributed by atoms with Gasteiger partial charge in [0.05, 0.1) is 6.42 Å². The number of carbonyl (C=O) groups excluding carboxylic acids is 2. The van der Waals surface area contributed by atoms with Crippen LogP contribution < -0.4 is 11.5 Å². The van der Waals surface area contributed by atoms with Crippen molar-refractivity contribution in [2.75, 3.05) is 0 Å². The van der Waals surface area contributed by atoms with Crippen LogP contribution in [0.15, 0.2) is 6.20 Å². The average molecular weight is 181 g/mol. The van der Waals surface area contributed by atoms with E-state index in [1.54, 1.807) is 0 Å². The molecule has 69 valence electrons. The molecule has 1 radical (unpaired) electrons. The van der Waals surface area contributed by atoms with Crippen molar-refractivity contribution < 1.29 is 9.59 Å². The van der Waals surface area contributed by atoms with Gasteiger partial charge in [0, 0.05) is 18.3 Å². The molecule has 1 aromatic heterocycles. The van der Waals surface area contributed by atoms with Crippen molar-refractivity contribution in [1.82, 2.24) is 9.97 Å². The zero-order chi connectivity index (χ0) is 9.84. The van der Waals surface area contributed by atoms with Gasteiger partial charge >= 0.3 is 0 Å². The Kier molecular flexibility index (Phi) is 2.63. The van der Waals surface area contributed by atoms with Crippen LogP contribution in [0.5, 0.6) is 0 Å². The molecule has 1 heterocycles. The van der Waals surface area contributed by atoms with E-state index < -0.39 is 11.8 Å². The monoisotopic (exact) mass is 181 g/mol. The molecule has 0 aliphatic carbocycles. The number of amides is 2. The summed E-state index contributed by atoms with van der Waals surface area (Å²) in [6.07, 6.45) is 3.02. The number of hydrogen-bond acceptors (Lipinski definition) is 3. The highest BCUT2D eigenvalue weighted by atomic mass is 16.1. The molecule has 0 aliphatic rings. The summed E-state index contributed by atoms with van der Waals surface area (Å²) in [6, 6.07) is 0. The van der Waals surface area contributed by atoms with Gasteiger partial charge < -0.3 is 16.5 Å². The van der Waals surface area contributed by atoms with Crippen LogP contribution in [-0.4, -0.2) is 21.8 Å². The number of carbonyl (C=O) groups is 2. The van der Waals surface area contributed by atoms with E-state index in [1.165, 1.54) is 12.6 Å². The second-order valence-electron chi connectivity index (χ2n) is 2.43. The van der Waals surface area contributed by atoms with Crippen molar-refractivity contribution in [2.45, 2.75) is 6.42 Å². The van der Waals surface area contributed by atoms with Crippen molar-refractivity contribution in [3.63, 3.8) is 0 Å². The van der Waals surface area contributed by atoms with Gasteiger partial charge in [0.1, 0.15) is 0 Å². The van der Waals surface area contributed by atoms with E-state index in [2.05, 4.69) is 9.97 Å². The smallest absolute Gasteiger partial charge is 0.284 e. The van der Waals surface area contributed by atoms with E-state index >= 15 is 0 Å². The second-order valence-corrected chi connectivity index (χ2v) is 2.43. The summed E-state index contributed by atoms with van der Waals surface area (Å²) in [5.74, 6) is -1.08. The number of primary amides is 2. The Balaban J connectivity index is 2.59. The molecule has 6 heteroatoms. The largest absolute Gasteiger partial charge is 0.369 e. The molecule has 1 rings (SSSR count). The fraction of sp³-hybridized carbons (Fsp3) is 0.143. The number of aromatic amines is 1. The quantitative estimate of drug-likeness (QED) is 0.538. The zero-order valence-electron chi connectivity index (χ0n) is 6.78. The van der Waals surface area contributed by atoms with Crippen molar-refractivity contribution in [3.05, 3.63) is 24.1 Å². The Morgan fingerprint density at radius 1 is 1.54 bits per heavy atom. The molecule has 6 nitrogen and oxygen atoms in total. The van der Waals surface area contributed by atoms with Crippen LogP contribution in [-0.2, 0) is 11.2 Å². The highest BCUT2D eigenvalue weighted by Gasteiger charge is 2.06. The third kappa shape index (κ3) is 2.58. The van der Waals surface area contributed by atoms with Gasteiger partial charge in [-0.25, -0.2) is 4.98 Å². The lowest BCUT2D eigenvalue weighted by molar-refractivity contribution is -0.115. The number of nitrogens with one attached hydrogen (secondary N) is 1. The Bertz CT molecular complexity index is 331. The van der Waals surface area contributed by atoms with E-state index in [1.807, 2.05) is 0 Å². The number of imidazole rings is 1. The van der Waals surface area contributed by atoms with Crippen LogP contribution in [0.4, 0.5) is 0 Å². The summed E-state index contributed by atoms with van der Waals surface area (Å²) in [4.78, 5) is 27.3. The summed E-state index contributed by atoms with van der Waals surface area (Å²) >= 11 is 0. The first-order valence-electron chi connectivity index (χ1n) is 3.56. The number of nitrogens with two attached hydrogens (primary N) is 2. The molecule has 0 aromatic carbocycles. The molecule has 0 atom stereocenters. The number of nitrogens with zero attached hydrogens (tertiary/aromatic N) is 1. The standard InChI is InChI=1S/C7H9N4O2/c8-5(12)2-1-4-3-10-7(11-4)6(9)13/h2-3H,1H2,(H2,8,12)(H2,9,13)(H,10,11). The Hall–Kier alpha value is -1.85. The first-order valence-corrected chi connectivity index (χ1v) is 3.56. The molecule has 0 unspecified atom stereocenters. The molecule has 2 amide bonds. The van der Waals surface area contributed by atoms with Gasteiger partial charge in [0.15, 0.2) is 5.82 Å². The fourth-order valence-corrected chi connectivity index (χ4v) is 0.799. The van der Waals surface area contributed by atoms with E-state index in [-0.39, 0.29) is 5.82 Å². The van der Waals surface area contributed by atoms with Crippen LogP contribution in [0.3, 0.4) is 0 Å². The predicted molar refractivity (Wildman–Crippen MR) is 44.3 cm³/mol. The lowest BCUT2D eigenvalue weighted by Crippen LogP contribution is -2.14. The van der Waals surface area contributed by atoms with Gasteiger partial charge in [-0.1, -0.05) is 0 Å². The normalized spacial score (nSPS) is 9.85. The van der Waals surface area contributed by atoms with Gasteiger partial charge in [-0.05, 0) is 0 Å². The molecular weight excluding hydrogens is 172 g/mol. The Labute approximate surface area is 74.3 Å². The highest BCUT2D eigenvalue weighted by Crippen LogP contribution is 1.99. The average Bonchev–Trinajstić information content (AvgIpc) is 2.48. The molecule has 0 spiro atoms. The molecule has 5 N–H and O–H groups in total. The van der Waals surface area contributed by atoms with Crippen LogP contribution in [0.25, 0.3) is 0 Å². The molecule has 0 bridgehead atoms. The van der Waals surface area contributed by atoms with Crippen molar-refractivity contribution in [1.29, 1.82) is 0 Å². The minimum absolute atomic E-state index is 0.0767. The van der Waals surface area contributed by atoms with Crippen LogP contribution in [0.1, 0.15) is 16.3 Å². The summed E-state index contributed by atoms with van der Waals surface area (Å²) in [5, 5.41) is 0. The summed E-state index contributed by atoms with van der Waals surface area (Å²) in [7, 11) is 0. The molecule has 1 aromatic rings. The molecule has 0 aliphatic heterocycles. The van der Waals surface area contributed by atoms with Crippen molar-refractivity contribution in [3.8, 4) is 0 Å². The maximum absolute atomic E-state index is 10.6. The molecule has 0 fully saturated rings. The SMILES string of the molecule is NC(=O)[CH]Cc1cnc(C(N)=O)[nH]1. The minimum atomic E-state index is -0.634. The number of aromatic nitrogens is 2. The van der Waals surface area contributed by atoms with E-state index in [4.69, 9.17) is 11.5 Å². The second kappa shape index (κ2) is 3.70. The van der Waals surface area contributed by atoms with E-state index in [9.17, 15) is 9.59 Å². The number of H-pyrrole nitrogens is 1. The topological polar surface area (TPSA) is 115 Å². The van der Waals surface area contributed by atoms with Gasteiger partial charge in [-0.3, -0.25) is 9.59 Å². The molecule has 13 heavy (non-hydrogen) atoms. The molecular formula is C7H9N4O2. The van der Waals surface area contributed by atoms with Gasteiger partial charge in [-0.2, -0.15) is 0 Å². The van der Waals surface area contributed by atoms with Gasteiger partial charge in [-0.15, -0.1) is 0 Å². The van der Waals surface area contributed by atoms with Crippen LogP contribution in [0.2, 0.25) is 0 Å². The third-order valence-electron chi connectivity index (χ3n) is 1.38. The maximum Gasteiger partial charge on any atom is 0.284 e. The third-order valence-corrected chi connectivity index (χ3v) is 1.38. The van der Waals surface area contributed by atoms with E-state index in [0.717, 1.165) is 0 Å². The lowest BCUT2D eigenvalue weighted by Gasteiger charge is -1.91. The lowest BCUT2D eigenvalue weighted by atomic mass is 10.2. The van der Waals surface area contributed by atoms with Crippen LogP contribution in [0, 0.1) is 6.42 Å². The van der Waals surface area contributed by atoms with Crippen molar-refractivity contribution >= 4 is 11.8 Å². The number of rotatable bonds is 4. The van der Waals surface area contributed by atoms with Crippen molar-refractivity contribution in [2.24, 2.45) is 11.5 Å². The van der Waals surface area contributed by atoms with Crippen LogP contribution >= 0.6 is 0 Å². The summed E-state index contributed by atoms with van der Waals surface area (Å²) < 4.78 is 0. The zero-order valence-corrected chi connectivity index (χ0v) is 6.78. The maximum atomic E-state index is 10.6. The molecule has 0 saturated heterocycles. The fourth-order valence-electron chi connectivity index (χ4n) is 0.799. The minimum Gasteiger partial charge on any atom is -0.369 e. The Morgan fingerprint density at radius 2 is 2.23 bits per heavy atom. The first-order chi connectivity index (χ1) is 6.09.